The Hall–Kier alpha value is -3.91. The maximum atomic E-state index is 13.8. The number of carbonyl (C=O) groups excluding carboxylic acids is 3. The molecule has 0 spiro atoms. The third-order valence-corrected chi connectivity index (χ3v) is 4.13. The summed E-state index contributed by atoms with van der Waals surface area (Å²) in [6.07, 6.45) is -5.58. The molecule has 0 aliphatic carbocycles. The number of imide groups is 1. The number of nitrogens with one attached hydrogen (secondary N) is 1. The number of urea groups is 1. The number of ether oxygens (including phenoxy) is 2. The van der Waals surface area contributed by atoms with Gasteiger partial charge in [0.05, 0.1) is 11.3 Å². The Labute approximate surface area is 177 Å². The molecule has 1 aliphatic rings. The van der Waals surface area contributed by atoms with Crippen LogP contribution in [-0.4, -0.2) is 30.8 Å². The van der Waals surface area contributed by atoms with E-state index in [4.69, 9.17) is 0 Å². The molecule has 1 heterocycles. The number of benzene rings is 2. The molecule has 1 N–H and O–H groups in total. The summed E-state index contributed by atoms with van der Waals surface area (Å²) in [4.78, 5) is 36.2. The number of hydrogen-bond donors (Lipinski definition) is 1. The standard InChI is InChI=1S/C18H8F8N2O5/c19-10-11(20)13(22)15(14(23)12(10)21)32-16(30)6-1-2-8(33-18(24,25)26)7(5-6)28-4-3-9(29)27-17(28)31/h1-2,5H,3-4H2,(H,27,29,31). The van der Waals surface area contributed by atoms with E-state index >= 15 is 0 Å². The van der Waals surface area contributed by atoms with Gasteiger partial charge >= 0.3 is 18.4 Å². The monoisotopic (exact) mass is 484 g/mol. The topological polar surface area (TPSA) is 84.9 Å². The van der Waals surface area contributed by atoms with E-state index in [1.54, 1.807) is 0 Å². The van der Waals surface area contributed by atoms with Crippen molar-refractivity contribution in [2.45, 2.75) is 12.8 Å². The van der Waals surface area contributed by atoms with Crippen molar-refractivity contribution in [2.24, 2.45) is 0 Å². The molecule has 0 saturated carbocycles. The molecule has 1 fully saturated rings. The van der Waals surface area contributed by atoms with Crippen molar-refractivity contribution in [3.8, 4) is 11.5 Å². The highest BCUT2D eigenvalue weighted by Crippen LogP contribution is 2.36. The summed E-state index contributed by atoms with van der Waals surface area (Å²) in [5.74, 6) is -17.7. The van der Waals surface area contributed by atoms with Gasteiger partial charge in [-0.25, -0.2) is 22.8 Å². The van der Waals surface area contributed by atoms with Crippen LogP contribution < -0.4 is 19.7 Å². The van der Waals surface area contributed by atoms with Crippen molar-refractivity contribution >= 4 is 23.6 Å². The van der Waals surface area contributed by atoms with E-state index in [0.717, 1.165) is 0 Å². The lowest BCUT2D eigenvalue weighted by Gasteiger charge is -2.28. The molecule has 0 aromatic heterocycles. The minimum atomic E-state index is -5.24. The molecule has 0 bridgehead atoms. The van der Waals surface area contributed by atoms with Crippen LogP contribution >= 0.6 is 0 Å². The number of amides is 3. The van der Waals surface area contributed by atoms with Gasteiger partial charge < -0.3 is 9.47 Å². The maximum absolute atomic E-state index is 13.8. The molecule has 2 aromatic rings. The Morgan fingerprint density at radius 3 is 2.06 bits per heavy atom. The summed E-state index contributed by atoms with van der Waals surface area (Å²) in [5, 5.41) is 1.82. The molecule has 33 heavy (non-hydrogen) atoms. The van der Waals surface area contributed by atoms with Crippen LogP contribution in [0.5, 0.6) is 11.5 Å². The molecule has 15 heteroatoms. The molecule has 2 aromatic carbocycles. The van der Waals surface area contributed by atoms with Crippen molar-refractivity contribution in [1.82, 2.24) is 5.32 Å². The summed E-state index contributed by atoms with van der Waals surface area (Å²) < 4.78 is 113. The first-order valence-electron chi connectivity index (χ1n) is 8.55. The number of alkyl halides is 3. The number of carbonyl (C=O) groups is 3. The second-order valence-electron chi connectivity index (χ2n) is 6.27. The van der Waals surface area contributed by atoms with Crippen molar-refractivity contribution in [2.75, 3.05) is 11.4 Å². The highest BCUT2D eigenvalue weighted by atomic mass is 19.4. The van der Waals surface area contributed by atoms with Crippen molar-refractivity contribution in [1.29, 1.82) is 0 Å². The Morgan fingerprint density at radius 1 is 0.939 bits per heavy atom. The van der Waals surface area contributed by atoms with Crippen LogP contribution in [-0.2, 0) is 4.79 Å². The number of halogens is 8. The zero-order valence-electron chi connectivity index (χ0n) is 15.7. The van der Waals surface area contributed by atoms with E-state index in [1.165, 1.54) is 0 Å². The molecular weight excluding hydrogens is 476 g/mol. The second kappa shape index (κ2) is 8.55. The fourth-order valence-corrected chi connectivity index (χ4v) is 2.69. The Kier molecular flexibility index (Phi) is 6.16. The predicted octanol–water partition coefficient (Wildman–Crippen LogP) is 3.95. The van der Waals surface area contributed by atoms with Crippen LogP contribution in [0.1, 0.15) is 16.8 Å². The van der Waals surface area contributed by atoms with Gasteiger partial charge in [0.25, 0.3) is 0 Å². The smallest absolute Gasteiger partial charge is 0.416 e. The second-order valence-corrected chi connectivity index (χ2v) is 6.27. The number of anilines is 1. The third kappa shape index (κ3) is 4.80. The Balaban J connectivity index is 2.02. The van der Waals surface area contributed by atoms with Gasteiger partial charge in [-0.3, -0.25) is 15.0 Å². The fraction of sp³-hybridized carbons (Fsp3) is 0.167. The number of rotatable bonds is 4. The van der Waals surface area contributed by atoms with Gasteiger partial charge in [-0.1, -0.05) is 0 Å². The number of hydrogen-bond acceptors (Lipinski definition) is 5. The van der Waals surface area contributed by atoms with Crippen LogP contribution in [0.2, 0.25) is 0 Å². The maximum Gasteiger partial charge on any atom is 0.573 e. The Morgan fingerprint density at radius 2 is 1.52 bits per heavy atom. The summed E-state index contributed by atoms with van der Waals surface area (Å²) in [5.41, 5.74) is -1.46. The largest absolute Gasteiger partial charge is 0.573 e. The average molecular weight is 484 g/mol. The lowest BCUT2D eigenvalue weighted by molar-refractivity contribution is -0.274. The molecular formula is C18H8F8N2O5. The predicted molar refractivity (Wildman–Crippen MR) is 89.8 cm³/mol. The van der Waals surface area contributed by atoms with Gasteiger partial charge in [0.2, 0.25) is 40.7 Å². The molecule has 0 unspecified atom stereocenters. The highest BCUT2D eigenvalue weighted by molar-refractivity contribution is 6.07. The molecule has 0 radical (unpaired) electrons. The summed E-state index contributed by atoms with van der Waals surface area (Å²) in [6.45, 7) is -0.435. The minimum absolute atomic E-state index is 0.337. The van der Waals surface area contributed by atoms with E-state index in [1.807, 2.05) is 5.32 Å². The van der Waals surface area contributed by atoms with Crippen LogP contribution in [0, 0.1) is 29.1 Å². The lowest BCUT2D eigenvalue weighted by Crippen LogP contribution is -2.49. The molecule has 7 nitrogen and oxygen atoms in total. The quantitative estimate of drug-likeness (QED) is 0.234. The summed E-state index contributed by atoms with van der Waals surface area (Å²) in [6, 6.07) is 0.557. The van der Waals surface area contributed by atoms with E-state index in [9.17, 15) is 49.5 Å². The van der Waals surface area contributed by atoms with Crippen LogP contribution in [0.3, 0.4) is 0 Å². The molecule has 1 saturated heterocycles. The van der Waals surface area contributed by atoms with E-state index < -0.39 is 82.7 Å². The van der Waals surface area contributed by atoms with Gasteiger partial charge in [-0.15, -0.1) is 13.2 Å². The highest BCUT2D eigenvalue weighted by Gasteiger charge is 2.35. The Bertz CT molecular complexity index is 1140. The summed E-state index contributed by atoms with van der Waals surface area (Å²) >= 11 is 0. The van der Waals surface area contributed by atoms with Crippen molar-refractivity contribution in [3.05, 3.63) is 52.8 Å². The third-order valence-electron chi connectivity index (χ3n) is 4.13. The zero-order chi connectivity index (χ0) is 24.7. The zero-order valence-corrected chi connectivity index (χ0v) is 15.7. The molecule has 3 rings (SSSR count). The van der Waals surface area contributed by atoms with Crippen LogP contribution in [0.25, 0.3) is 0 Å². The first-order valence-corrected chi connectivity index (χ1v) is 8.55. The van der Waals surface area contributed by atoms with Gasteiger partial charge in [-0.05, 0) is 18.2 Å². The van der Waals surface area contributed by atoms with Crippen molar-refractivity contribution < 1.29 is 59.0 Å². The average Bonchev–Trinajstić information content (AvgIpc) is 2.73. The molecule has 1 aliphatic heterocycles. The lowest BCUT2D eigenvalue weighted by atomic mass is 10.1. The van der Waals surface area contributed by atoms with E-state index in [-0.39, 0.29) is 6.42 Å². The van der Waals surface area contributed by atoms with E-state index in [0.29, 0.717) is 23.1 Å². The first-order chi connectivity index (χ1) is 15.3. The SMILES string of the molecule is O=C1CCN(c2cc(C(=O)Oc3c(F)c(F)c(F)c(F)c3F)ccc2OC(F)(F)F)C(=O)N1. The minimum Gasteiger partial charge on any atom is -0.416 e. The number of esters is 1. The first kappa shape index (κ1) is 23.7. The normalized spacial score (nSPS) is 14.2. The van der Waals surface area contributed by atoms with Crippen LogP contribution in [0.4, 0.5) is 45.6 Å². The van der Waals surface area contributed by atoms with Gasteiger partial charge in [0, 0.05) is 13.0 Å². The van der Waals surface area contributed by atoms with Crippen molar-refractivity contribution in [3.63, 3.8) is 0 Å². The fourth-order valence-electron chi connectivity index (χ4n) is 2.69. The molecule has 0 atom stereocenters. The van der Waals surface area contributed by atoms with E-state index in [2.05, 4.69) is 9.47 Å². The van der Waals surface area contributed by atoms with Gasteiger partial charge in [0.1, 0.15) is 0 Å². The summed E-state index contributed by atoms with van der Waals surface area (Å²) in [7, 11) is 0. The number of nitrogens with zero attached hydrogens (tertiary/aromatic N) is 1. The van der Waals surface area contributed by atoms with Gasteiger partial charge in [0.15, 0.2) is 5.75 Å². The van der Waals surface area contributed by atoms with Gasteiger partial charge in [-0.2, -0.15) is 8.78 Å². The van der Waals surface area contributed by atoms with Crippen LogP contribution in [0.15, 0.2) is 18.2 Å². The molecule has 176 valence electrons. The molecule has 3 amide bonds.